The van der Waals surface area contributed by atoms with Gasteiger partial charge < -0.3 is 20.2 Å². The fourth-order valence-electron chi connectivity index (χ4n) is 3.73. The number of carboxylic acid groups (broad SMARTS) is 1. The van der Waals surface area contributed by atoms with Gasteiger partial charge in [-0.15, -0.1) is 0 Å². The molecule has 2 heterocycles. The highest BCUT2D eigenvalue weighted by atomic mass is 32.2. The molecule has 0 bridgehead atoms. The third-order valence-electron chi connectivity index (χ3n) is 5.30. The summed E-state index contributed by atoms with van der Waals surface area (Å²) in [4.78, 5) is 48.1. The summed E-state index contributed by atoms with van der Waals surface area (Å²) in [5.74, 6) is -0.658. The second-order valence-electron chi connectivity index (χ2n) is 7.65. The molecule has 0 radical (unpaired) electrons. The van der Waals surface area contributed by atoms with Gasteiger partial charge in [0, 0.05) is 33.1 Å². The van der Waals surface area contributed by atoms with Crippen molar-refractivity contribution in [2.45, 2.75) is 13.3 Å². The minimum absolute atomic E-state index is 0.0225. The maximum Gasteiger partial charge on any atom is 0.290 e. The molecular weight excluding hydrogens is 426 g/mol. The highest BCUT2D eigenvalue weighted by molar-refractivity contribution is 7.91. The number of nitrogens with one attached hydrogen (secondary N) is 1. The second-order valence-corrected chi connectivity index (χ2v) is 9.96. The van der Waals surface area contributed by atoms with Crippen molar-refractivity contribution in [1.82, 2.24) is 15.1 Å². The van der Waals surface area contributed by atoms with Crippen molar-refractivity contribution in [2.24, 2.45) is 5.41 Å². The van der Waals surface area contributed by atoms with Crippen LogP contribution in [0.2, 0.25) is 0 Å². The molecule has 170 valence electrons. The molecule has 31 heavy (non-hydrogen) atoms. The topological polar surface area (TPSA) is 141 Å². The van der Waals surface area contributed by atoms with E-state index in [-0.39, 0.29) is 68.4 Å². The van der Waals surface area contributed by atoms with Crippen LogP contribution in [-0.4, -0.2) is 91.7 Å². The minimum Gasteiger partial charge on any atom is -0.483 e. The third kappa shape index (κ3) is 6.51. The van der Waals surface area contributed by atoms with E-state index in [0.717, 1.165) is 5.56 Å². The van der Waals surface area contributed by atoms with Crippen LogP contribution in [0.4, 0.5) is 0 Å². The minimum atomic E-state index is -3.08. The van der Waals surface area contributed by atoms with E-state index in [1.54, 1.807) is 9.80 Å². The number of likely N-dealkylation sites (tertiary alicyclic amines) is 1. The number of nitrogens with zero attached hydrogens (tertiary/aromatic N) is 2. The highest BCUT2D eigenvalue weighted by Gasteiger charge is 2.52. The molecule has 1 aromatic carbocycles. The van der Waals surface area contributed by atoms with Crippen molar-refractivity contribution in [1.29, 1.82) is 0 Å². The Hall–Kier alpha value is -2.95. The first kappa shape index (κ1) is 24.3. The lowest BCUT2D eigenvalue weighted by Crippen LogP contribution is -2.67. The van der Waals surface area contributed by atoms with Gasteiger partial charge in [-0.2, -0.15) is 0 Å². The SMILES string of the molecule is CC(=O)NCC(=O)N1CC(Cc2ccccc2)(C(=O)N2CCS(=O)(=O)CC2)C1.O=CO. The van der Waals surface area contributed by atoms with Crippen molar-refractivity contribution < 1.29 is 32.7 Å². The Balaban J connectivity index is 0.00000107. The number of carbonyl (C=O) groups is 4. The Labute approximate surface area is 181 Å². The Morgan fingerprint density at radius 2 is 1.65 bits per heavy atom. The smallest absolute Gasteiger partial charge is 0.290 e. The summed E-state index contributed by atoms with van der Waals surface area (Å²) in [7, 11) is -3.08. The van der Waals surface area contributed by atoms with E-state index in [4.69, 9.17) is 9.90 Å². The van der Waals surface area contributed by atoms with Gasteiger partial charge in [-0.05, 0) is 12.0 Å². The average Bonchev–Trinajstić information content (AvgIpc) is 2.69. The largest absolute Gasteiger partial charge is 0.483 e. The molecule has 2 N–H and O–H groups in total. The Bertz CT molecular complexity index is 898. The number of hydrogen-bond donors (Lipinski definition) is 2. The Morgan fingerprint density at radius 1 is 1.10 bits per heavy atom. The van der Waals surface area contributed by atoms with Crippen molar-refractivity contribution in [2.75, 3.05) is 44.2 Å². The van der Waals surface area contributed by atoms with Gasteiger partial charge in [0.15, 0.2) is 9.84 Å². The molecule has 1 aromatic rings. The lowest BCUT2D eigenvalue weighted by molar-refractivity contribution is -0.160. The summed E-state index contributed by atoms with van der Waals surface area (Å²) in [5, 5.41) is 9.37. The van der Waals surface area contributed by atoms with Crippen LogP contribution < -0.4 is 5.32 Å². The van der Waals surface area contributed by atoms with Gasteiger partial charge in [-0.3, -0.25) is 19.2 Å². The molecular formula is C20H27N3O7S. The third-order valence-corrected chi connectivity index (χ3v) is 6.91. The van der Waals surface area contributed by atoms with Crippen LogP contribution in [-0.2, 0) is 35.4 Å². The van der Waals surface area contributed by atoms with Crippen LogP contribution >= 0.6 is 0 Å². The lowest BCUT2D eigenvalue weighted by Gasteiger charge is -2.51. The van der Waals surface area contributed by atoms with Crippen molar-refractivity contribution in [3.63, 3.8) is 0 Å². The Kier molecular flexibility index (Phi) is 8.14. The molecule has 10 nitrogen and oxygen atoms in total. The van der Waals surface area contributed by atoms with Crippen molar-refractivity contribution >= 4 is 34.0 Å². The molecule has 2 aliphatic heterocycles. The quantitative estimate of drug-likeness (QED) is 0.553. The summed E-state index contributed by atoms with van der Waals surface area (Å²) in [6.07, 6.45) is 0.486. The number of benzene rings is 1. The highest BCUT2D eigenvalue weighted by Crippen LogP contribution is 2.36. The van der Waals surface area contributed by atoms with Crippen LogP contribution in [0.5, 0.6) is 0 Å². The predicted octanol–water partition coefficient (Wildman–Crippen LogP) is -0.848. The van der Waals surface area contributed by atoms with Gasteiger partial charge in [0.1, 0.15) is 0 Å². The van der Waals surface area contributed by atoms with Crippen molar-refractivity contribution in [3.8, 4) is 0 Å². The maximum absolute atomic E-state index is 13.3. The van der Waals surface area contributed by atoms with E-state index in [1.165, 1.54) is 6.92 Å². The fraction of sp³-hybridized carbons (Fsp3) is 0.500. The standard InChI is InChI=1S/C19H25N3O5S.CH2O2/c1-15(23)20-12-17(24)22-13-19(14-22,11-16-5-3-2-4-6-16)18(25)21-7-9-28(26,27)10-8-21;2-1-3/h2-6H,7-14H2,1H3,(H,20,23);1H,(H,2,3). The number of hydrogen-bond acceptors (Lipinski definition) is 6. The molecule has 2 aliphatic rings. The first-order chi connectivity index (χ1) is 14.6. The molecule has 0 spiro atoms. The van der Waals surface area contributed by atoms with Gasteiger partial charge in [-0.25, -0.2) is 8.42 Å². The average molecular weight is 454 g/mol. The molecule has 0 saturated carbocycles. The van der Waals surface area contributed by atoms with Crippen LogP contribution in [0.15, 0.2) is 30.3 Å². The molecule has 2 saturated heterocycles. The zero-order chi connectivity index (χ0) is 23.1. The number of amides is 3. The zero-order valence-electron chi connectivity index (χ0n) is 17.3. The molecule has 3 amide bonds. The fourth-order valence-corrected chi connectivity index (χ4v) is 4.93. The first-order valence-corrected chi connectivity index (χ1v) is 11.6. The van der Waals surface area contributed by atoms with E-state index in [0.29, 0.717) is 6.42 Å². The molecule has 0 aliphatic carbocycles. The van der Waals surface area contributed by atoms with Gasteiger partial charge in [0.25, 0.3) is 6.47 Å². The first-order valence-electron chi connectivity index (χ1n) is 9.76. The van der Waals surface area contributed by atoms with E-state index >= 15 is 0 Å². The van der Waals surface area contributed by atoms with E-state index in [2.05, 4.69) is 5.32 Å². The van der Waals surface area contributed by atoms with Gasteiger partial charge in [0.2, 0.25) is 17.7 Å². The normalized spacial score (nSPS) is 18.6. The maximum atomic E-state index is 13.3. The summed E-state index contributed by atoms with van der Waals surface area (Å²) in [5.41, 5.74) is 0.239. The summed E-state index contributed by atoms with van der Waals surface area (Å²) in [6, 6.07) is 9.59. The second kappa shape index (κ2) is 10.4. The number of sulfone groups is 1. The molecule has 0 atom stereocenters. The number of rotatable bonds is 5. The zero-order valence-corrected chi connectivity index (χ0v) is 18.1. The summed E-state index contributed by atoms with van der Waals surface area (Å²) < 4.78 is 23.4. The van der Waals surface area contributed by atoms with E-state index < -0.39 is 15.3 Å². The predicted molar refractivity (Wildman–Crippen MR) is 112 cm³/mol. The van der Waals surface area contributed by atoms with E-state index in [1.807, 2.05) is 30.3 Å². The summed E-state index contributed by atoms with van der Waals surface area (Å²) >= 11 is 0. The molecule has 0 aromatic heterocycles. The summed E-state index contributed by atoms with van der Waals surface area (Å²) in [6.45, 7) is 1.92. The van der Waals surface area contributed by atoms with Gasteiger partial charge in [0.05, 0.1) is 23.5 Å². The van der Waals surface area contributed by atoms with E-state index in [9.17, 15) is 22.8 Å². The molecule has 3 rings (SSSR count). The molecule has 0 unspecified atom stereocenters. The van der Waals surface area contributed by atoms with Gasteiger partial charge >= 0.3 is 0 Å². The Morgan fingerprint density at radius 3 is 2.16 bits per heavy atom. The van der Waals surface area contributed by atoms with Crippen LogP contribution in [0, 0.1) is 5.41 Å². The lowest BCUT2D eigenvalue weighted by atomic mass is 9.73. The van der Waals surface area contributed by atoms with Crippen LogP contribution in [0.3, 0.4) is 0 Å². The molecule has 11 heteroatoms. The monoisotopic (exact) mass is 453 g/mol. The van der Waals surface area contributed by atoms with Crippen molar-refractivity contribution in [3.05, 3.63) is 35.9 Å². The van der Waals surface area contributed by atoms with Crippen LogP contribution in [0.25, 0.3) is 0 Å². The van der Waals surface area contributed by atoms with Gasteiger partial charge in [-0.1, -0.05) is 30.3 Å². The van der Waals surface area contributed by atoms with Crippen LogP contribution in [0.1, 0.15) is 12.5 Å². The number of carbonyl (C=O) groups excluding carboxylic acids is 3. The molecule has 2 fully saturated rings.